The van der Waals surface area contributed by atoms with Crippen LogP contribution in [-0.2, 0) is 16.6 Å². The van der Waals surface area contributed by atoms with E-state index in [0.29, 0.717) is 26.9 Å². The molecule has 1 atom stereocenters. The SMILES string of the molecule is Cc1cc(C#N)ccc1CS(=O)c1cc(Cl)ccc1N. The molecule has 0 amide bonds. The summed E-state index contributed by atoms with van der Waals surface area (Å²) in [5.41, 5.74) is 8.78. The van der Waals surface area contributed by atoms with Crippen LogP contribution >= 0.6 is 11.6 Å². The fourth-order valence-electron chi connectivity index (χ4n) is 1.85. The average molecular weight is 305 g/mol. The van der Waals surface area contributed by atoms with Gasteiger partial charge in [0.15, 0.2) is 0 Å². The monoisotopic (exact) mass is 304 g/mol. The lowest BCUT2D eigenvalue weighted by Gasteiger charge is -2.09. The number of rotatable bonds is 3. The number of anilines is 1. The van der Waals surface area contributed by atoms with Crippen LogP contribution < -0.4 is 5.73 Å². The molecule has 0 spiro atoms. The van der Waals surface area contributed by atoms with Gasteiger partial charge in [-0.1, -0.05) is 17.7 Å². The van der Waals surface area contributed by atoms with Crippen molar-refractivity contribution >= 4 is 28.1 Å². The molecular weight excluding hydrogens is 292 g/mol. The molecule has 2 N–H and O–H groups in total. The van der Waals surface area contributed by atoms with Crippen LogP contribution in [0, 0.1) is 18.3 Å². The molecule has 0 bridgehead atoms. The van der Waals surface area contributed by atoms with Gasteiger partial charge in [-0.15, -0.1) is 0 Å². The van der Waals surface area contributed by atoms with E-state index >= 15 is 0 Å². The Labute approximate surface area is 125 Å². The molecule has 0 aliphatic carbocycles. The maximum atomic E-state index is 12.4. The van der Waals surface area contributed by atoms with Crippen molar-refractivity contribution in [1.29, 1.82) is 5.26 Å². The zero-order valence-electron chi connectivity index (χ0n) is 10.9. The molecule has 1 unspecified atom stereocenters. The van der Waals surface area contributed by atoms with Crippen molar-refractivity contribution in [3.63, 3.8) is 0 Å². The zero-order chi connectivity index (χ0) is 14.7. The quantitative estimate of drug-likeness (QED) is 0.884. The first-order chi connectivity index (χ1) is 9.51. The lowest BCUT2D eigenvalue weighted by atomic mass is 10.1. The molecule has 0 heterocycles. The minimum absolute atomic E-state index is 0.349. The number of aryl methyl sites for hydroxylation is 1. The molecular formula is C15H13ClN2OS. The predicted octanol–water partition coefficient (Wildman–Crippen LogP) is 3.41. The molecule has 2 rings (SSSR count). The molecule has 0 fully saturated rings. The molecule has 2 aromatic carbocycles. The third-order valence-electron chi connectivity index (χ3n) is 2.98. The molecule has 0 aliphatic heterocycles. The number of nitrogens with zero attached hydrogens (tertiary/aromatic N) is 1. The summed E-state index contributed by atoms with van der Waals surface area (Å²) in [6.07, 6.45) is 0. The number of benzene rings is 2. The summed E-state index contributed by atoms with van der Waals surface area (Å²) >= 11 is 5.91. The summed E-state index contributed by atoms with van der Waals surface area (Å²) in [4.78, 5) is 0.543. The highest BCUT2D eigenvalue weighted by molar-refractivity contribution is 7.84. The second-order valence-electron chi connectivity index (χ2n) is 4.43. The van der Waals surface area contributed by atoms with Gasteiger partial charge in [0.05, 0.1) is 33.1 Å². The second kappa shape index (κ2) is 6.08. The van der Waals surface area contributed by atoms with E-state index in [4.69, 9.17) is 22.6 Å². The Balaban J connectivity index is 2.28. The molecule has 0 saturated carbocycles. The smallest absolute Gasteiger partial charge is 0.0991 e. The molecule has 3 nitrogen and oxygen atoms in total. The Hall–Kier alpha value is -1.83. The topological polar surface area (TPSA) is 66.9 Å². The average Bonchev–Trinajstić information content (AvgIpc) is 2.43. The number of nitrogens with two attached hydrogens (primary N) is 1. The first kappa shape index (κ1) is 14.6. The van der Waals surface area contributed by atoms with Crippen LogP contribution in [0.2, 0.25) is 5.02 Å². The van der Waals surface area contributed by atoms with Gasteiger partial charge in [-0.2, -0.15) is 5.26 Å². The van der Waals surface area contributed by atoms with Crippen molar-refractivity contribution in [2.45, 2.75) is 17.6 Å². The Bertz CT molecular complexity index is 722. The van der Waals surface area contributed by atoms with E-state index < -0.39 is 10.8 Å². The summed E-state index contributed by atoms with van der Waals surface area (Å²) in [5.74, 6) is 0.349. The Kier molecular flexibility index (Phi) is 4.43. The Morgan fingerprint density at radius 2 is 2.05 bits per heavy atom. The number of nitriles is 1. The van der Waals surface area contributed by atoms with E-state index in [1.807, 2.05) is 13.0 Å². The van der Waals surface area contributed by atoms with Crippen LogP contribution in [0.4, 0.5) is 5.69 Å². The summed E-state index contributed by atoms with van der Waals surface area (Å²) in [6.45, 7) is 1.90. The maximum Gasteiger partial charge on any atom is 0.0991 e. The predicted molar refractivity (Wildman–Crippen MR) is 81.9 cm³/mol. The van der Waals surface area contributed by atoms with E-state index in [-0.39, 0.29) is 0 Å². The highest BCUT2D eigenvalue weighted by Gasteiger charge is 2.11. The van der Waals surface area contributed by atoms with Crippen LogP contribution in [0.5, 0.6) is 0 Å². The molecule has 0 radical (unpaired) electrons. The first-order valence-corrected chi connectivity index (χ1v) is 7.64. The minimum Gasteiger partial charge on any atom is -0.398 e. The number of nitrogen functional groups attached to an aromatic ring is 1. The fraction of sp³-hybridized carbons (Fsp3) is 0.133. The summed E-state index contributed by atoms with van der Waals surface area (Å²) in [6, 6.07) is 12.4. The molecule has 5 heteroatoms. The third-order valence-corrected chi connectivity index (χ3v) is 4.63. The van der Waals surface area contributed by atoms with Crippen molar-refractivity contribution in [2.75, 3.05) is 5.73 Å². The summed E-state index contributed by atoms with van der Waals surface area (Å²) < 4.78 is 12.4. The van der Waals surface area contributed by atoms with Crippen molar-refractivity contribution in [3.05, 3.63) is 58.1 Å². The largest absolute Gasteiger partial charge is 0.398 e. The molecule has 0 aromatic heterocycles. The van der Waals surface area contributed by atoms with E-state index in [0.717, 1.165) is 11.1 Å². The molecule has 102 valence electrons. The van der Waals surface area contributed by atoms with Gasteiger partial charge in [-0.3, -0.25) is 4.21 Å². The first-order valence-electron chi connectivity index (χ1n) is 5.94. The van der Waals surface area contributed by atoms with Crippen molar-refractivity contribution in [2.24, 2.45) is 0 Å². The lowest BCUT2D eigenvalue weighted by Crippen LogP contribution is -2.02. The van der Waals surface area contributed by atoms with E-state index in [1.165, 1.54) is 0 Å². The van der Waals surface area contributed by atoms with Crippen LogP contribution in [0.15, 0.2) is 41.3 Å². The molecule has 0 saturated heterocycles. The van der Waals surface area contributed by atoms with Crippen LogP contribution in [0.1, 0.15) is 16.7 Å². The highest BCUT2D eigenvalue weighted by Crippen LogP contribution is 2.24. The van der Waals surface area contributed by atoms with Crippen LogP contribution in [-0.4, -0.2) is 4.21 Å². The van der Waals surface area contributed by atoms with Crippen LogP contribution in [0.25, 0.3) is 0 Å². The normalized spacial score (nSPS) is 11.8. The van der Waals surface area contributed by atoms with E-state index in [9.17, 15) is 4.21 Å². The maximum absolute atomic E-state index is 12.4. The summed E-state index contributed by atoms with van der Waals surface area (Å²) in [7, 11) is -1.27. The molecule has 0 aliphatic rings. The number of hydrogen-bond donors (Lipinski definition) is 1. The van der Waals surface area contributed by atoms with Gasteiger partial charge >= 0.3 is 0 Å². The molecule has 2 aromatic rings. The Morgan fingerprint density at radius 1 is 1.30 bits per heavy atom. The van der Waals surface area contributed by atoms with Gasteiger partial charge in [-0.05, 0) is 48.4 Å². The van der Waals surface area contributed by atoms with Gasteiger partial charge < -0.3 is 5.73 Å². The van der Waals surface area contributed by atoms with Crippen molar-refractivity contribution in [1.82, 2.24) is 0 Å². The number of hydrogen-bond acceptors (Lipinski definition) is 3. The third kappa shape index (κ3) is 3.19. The number of halogens is 1. The zero-order valence-corrected chi connectivity index (χ0v) is 12.5. The van der Waals surface area contributed by atoms with Crippen molar-refractivity contribution < 1.29 is 4.21 Å². The van der Waals surface area contributed by atoms with Gasteiger partial charge in [0.25, 0.3) is 0 Å². The van der Waals surface area contributed by atoms with E-state index in [1.54, 1.807) is 30.3 Å². The second-order valence-corrected chi connectivity index (χ2v) is 6.28. The fourth-order valence-corrected chi connectivity index (χ4v) is 3.44. The van der Waals surface area contributed by atoms with Crippen molar-refractivity contribution in [3.8, 4) is 6.07 Å². The van der Waals surface area contributed by atoms with Gasteiger partial charge in [0.2, 0.25) is 0 Å². The van der Waals surface area contributed by atoms with E-state index in [2.05, 4.69) is 6.07 Å². The molecule has 20 heavy (non-hydrogen) atoms. The summed E-state index contributed by atoms with van der Waals surface area (Å²) in [5, 5.41) is 9.35. The van der Waals surface area contributed by atoms with Gasteiger partial charge in [-0.25, -0.2) is 0 Å². The van der Waals surface area contributed by atoms with Gasteiger partial charge in [0, 0.05) is 10.7 Å². The van der Waals surface area contributed by atoms with Gasteiger partial charge in [0.1, 0.15) is 0 Å². The lowest BCUT2D eigenvalue weighted by molar-refractivity contribution is 0.683. The standard InChI is InChI=1S/C15H13ClN2OS/c1-10-6-11(8-17)2-3-12(10)9-20(19)15-7-13(16)4-5-14(15)18/h2-7H,9,18H2,1H3. The highest BCUT2D eigenvalue weighted by atomic mass is 35.5. The Morgan fingerprint density at radius 3 is 2.70 bits per heavy atom. The minimum atomic E-state index is -1.27. The van der Waals surface area contributed by atoms with Crippen LogP contribution in [0.3, 0.4) is 0 Å².